The van der Waals surface area contributed by atoms with E-state index in [0.717, 1.165) is 70.0 Å². The fourth-order valence-corrected chi connectivity index (χ4v) is 7.66. The summed E-state index contributed by atoms with van der Waals surface area (Å²) in [4.78, 5) is 61.5. The van der Waals surface area contributed by atoms with Crippen molar-refractivity contribution in [3.05, 3.63) is 12.2 Å². The Morgan fingerprint density at radius 2 is 1.79 bits per heavy atom. The lowest BCUT2D eigenvalue weighted by molar-refractivity contribution is -0.138. The molecule has 4 rings (SSSR count). The monoisotopic (exact) mass is 561 g/mol. The summed E-state index contributed by atoms with van der Waals surface area (Å²) in [7, 11) is 0. The molecule has 10 nitrogen and oxygen atoms in total. The van der Waals surface area contributed by atoms with Gasteiger partial charge in [-0.3, -0.25) is 24.1 Å². The lowest BCUT2D eigenvalue weighted by atomic mass is 9.81. The van der Waals surface area contributed by atoms with E-state index in [-0.39, 0.29) is 59.6 Å². The van der Waals surface area contributed by atoms with Gasteiger partial charge in [0.05, 0.1) is 12.1 Å². The highest BCUT2D eigenvalue weighted by Gasteiger charge is 2.42. The van der Waals surface area contributed by atoms with Gasteiger partial charge >= 0.3 is 6.03 Å². The van der Waals surface area contributed by atoms with Crippen LogP contribution >= 0.6 is 11.8 Å². The molecule has 4 aliphatic rings. The van der Waals surface area contributed by atoms with Crippen molar-refractivity contribution >= 4 is 41.4 Å². The van der Waals surface area contributed by atoms with Gasteiger partial charge in [-0.1, -0.05) is 13.3 Å². The number of thioether (sulfide) groups is 1. The Morgan fingerprint density at radius 3 is 2.51 bits per heavy atom. The number of nitrogens with one attached hydrogen (secondary N) is 4. The van der Waals surface area contributed by atoms with Crippen LogP contribution in [0, 0.1) is 11.8 Å². The quantitative estimate of drug-likeness (QED) is 0.146. The number of carbonyl (C=O) groups excluding carboxylic acids is 5. The van der Waals surface area contributed by atoms with E-state index in [1.54, 1.807) is 0 Å². The summed E-state index contributed by atoms with van der Waals surface area (Å²) >= 11 is 1.90. The molecule has 39 heavy (non-hydrogen) atoms. The fourth-order valence-electron chi connectivity index (χ4n) is 6.11. The summed E-state index contributed by atoms with van der Waals surface area (Å²) in [5.74, 6) is 0.887. The van der Waals surface area contributed by atoms with Crippen molar-refractivity contribution < 1.29 is 24.0 Å². The molecule has 0 aromatic carbocycles. The molecule has 6 amide bonds. The maximum Gasteiger partial charge on any atom is 0.315 e. The molecule has 2 saturated heterocycles. The predicted octanol–water partition coefficient (Wildman–Crippen LogP) is 2.23. The molecule has 4 atom stereocenters. The first-order valence-corrected chi connectivity index (χ1v) is 15.7. The van der Waals surface area contributed by atoms with E-state index < -0.39 is 0 Å². The SMILES string of the molecule is CC[C@@H](CCCNC(=O)CCCC[C@@H]1SC[C@@H]2NC(=O)N[C@@H]21)NC(=O)C1CCC(CN2C(=O)C=CC2=O)CC1. The van der Waals surface area contributed by atoms with Crippen molar-refractivity contribution in [2.45, 2.75) is 101 Å². The minimum Gasteiger partial charge on any atom is -0.356 e. The zero-order valence-electron chi connectivity index (χ0n) is 22.9. The number of hydrogen-bond donors (Lipinski definition) is 4. The minimum atomic E-state index is -0.238. The van der Waals surface area contributed by atoms with Crippen molar-refractivity contribution in [3.8, 4) is 0 Å². The van der Waals surface area contributed by atoms with Crippen LogP contribution in [0.15, 0.2) is 12.2 Å². The maximum atomic E-state index is 12.8. The van der Waals surface area contributed by atoms with Gasteiger partial charge in [0.1, 0.15) is 0 Å². The molecule has 216 valence electrons. The van der Waals surface area contributed by atoms with Gasteiger partial charge < -0.3 is 21.3 Å². The van der Waals surface area contributed by atoms with Gasteiger partial charge in [-0.05, 0) is 63.7 Å². The van der Waals surface area contributed by atoms with Crippen LogP contribution in [0.4, 0.5) is 4.79 Å². The second kappa shape index (κ2) is 14.2. The van der Waals surface area contributed by atoms with Gasteiger partial charge in [-0.15, -0.1) is 0 Å². The normalized spacial score (nSPS) is 28.7. The van der Waals surface area contributed by atoms with Crippen molar-refractivity contribution in [3.63, 3.8) is 0 Å². The Kier molecular flexibility index (Phi) is 10.7. The lowest BCUT2D eigenvalue weighted by Crippen LogP contribution is -2.41. The highest BCUT2D eigenvalue weighted by atomic mass is 32.2. The van der Waals surface area contributed by atoms with Crippen LogP contribution in [0.25, 0.3) is 0 Å². The molecule has 0 aromatic rings. The van der Waals surface area contributed by atoms with E-state index in [9.17, 15) is 24.0 Å². The van der Waals surface area contributed by atoms with Gasteiger partial charge in [0.15, 0.2) is 0 Å². The number of amides is 6. The van der Waals surface area contributed by atoms with Gasteiger partial charge in [0, 0.05) is 54.6 Å². The Bertz CT molecular complexity index is 933. The summed E-state index contributed by atoms with van der Waals surface area (Å²) < 4.78 is 0. The highest BCUT2D eigenvalue weighted by Crippen LogP contribution is 2.33. The summed E-state index contributed by atoms with van der Waals surface area (Å²) in [5, 5.41) is 12.6. The molecular formula is C28H43N5O5S. The van der Waals surface area contributed by atoms with E-state index in [1.807, 2.05) is 11.8 Å². The van der Waals surface area contributed by atoms with Crippen LogP contribution in [0.2, 0.25) is 0 Å². The average molecular weight is 562 g/mol. The van der Waals surface area contributed by atoms with Gasteiger partial charge in [0.2, 0.25) is 11.8 Å². The van der Waals surface area contributed by atoms with Crippen molar-refractivity contribution in [1.29, 1.82) is 0 Å². The minimum absolute atomic E-state index is 0.0205. The molecular weight excluding hydrogens is 518 g/mol. The molecule has 1 aliphatic carbocycles. The molecule has 4 N–H and O–H groups in total. The van der Waals surface area contributed by atoms with E-state index in [1.165, 1.54) is 17.1 Å². The fraction of sp³-hybridized carbons (Fsp3) is 0.750. The number of rotatable bonds is 14. The molecule has 0 aromatic heterocycles. The zero-order chi connectivity index (χ0) is 27.8. The van der Waals surface area contributed by atoms with Crippen molar-refractivity contribution in [2.24, 2.45) is 11.8 Å². The molecule has 0 spiro atoms. The molecule has 0 radical (unpaired) electrons. The summed E-state index contributed by atoms with van der Waals surface area (Å²) in [5.41, 5.74) is 0. The average Bonchev–Trinajstić information content (AvgIpc) is 3.58. The lowest BCUT2D eigenvalue weighted by Gasteiger charge is -2.31. The Morgan fingerprint density at radius 1 is 1.05 bits per heavy atom. The zero-order valence-corrected chi connectivity index (χ0v) is 23.7. The van der Waals surface area contributed by atoms with Crippen LogP contribution in [-0.2, 0) is 19.2 Å². The van der Waals surface area contributed by atoms with Crippen molar-refractivity contribution in [1.82, 2.24) is 26.2 Å². The first kappa shape index (κ1) is 29.4. The Balaban J connectivity index is 1.03. The number of nitrogens with zero attached hydrogens (tertiary/aromatic N) is 1. The van der Waals surface area contributed by atoms with Gasteiger partial charge in [-0.2, -0.15) is 11.8 Å². The Labute approximate surface area is 235 Å². The van der Waals surface area contributed by atoms with E-state index in [0.29, 0.717) is 24.8 Å². The van der Waals surface area contributed by atoms with E-state index >= 15 is 0 Å². The second-order valence-corrected chi connectivity index (χ2v) is 12.6. The topological polar surface area (TPSA) is 137 Å². The molecule has 3 aliphatic heterocycles. The summed E-state index contributed by atoms with van der Waals surface area (Å²) in [6, 6.07) is 0.491. The number of carbonyl (C=O) groups is 5. The second-order valence-electron chi connectivity index (χ2n) is 11.3. The van der Waals surface area contributed by atoms with Gasteiger partial charge in [-0.25, -0.2) is 4.79 Å². The number of unbranched alkanes of at least 4 members (excludes halogenated alkanes) is 1. The first-order valence-electron chi connectivity index (χ1n) is 14.6. The molecule has 3 heterocycles. The van der Waals surface area contributed by atoms with Crippen LogP contribution in [-0.4, -0.2) is 76.8 Å². The molecule has 0 unspecified atom stereocenters. The van der Waals surface area contributed by atoms with Crippen LogP contribution < -0.4 is 21.3 Å². The van der Waals surface area contributed by atoms with Crippen LogP contribution in [0.3, 0.4) is 0 Å². The van der Waals surface area contributed by atoms with Crippen LogP contribution in [0.5, 0.6) is 0 Å². The number of urea groups is 1. The van der Waals surface area contributed by atoms with Crippen molar-refractivity contribution in [2.75, 3.05) is 18.8 Å². The predicted molar refractivity (Wildman–Crippen MR) is 150 cm³/mol. The third kappa shape index (κ3) is 8.22. The van der Waals surface area contributed by atoms with Gasteiger partial charge in [0.25, 0.3) is 11.8 Å². The molecule has 0 bridgehead atoms. The van der Waals surface area contributed by atoms with E-state index in [4.69, 9.17) is 0 Å². The maximum absolute atomic E-state index is 12.8. The number of imide groups is 1. The molecule has 1 saturated carbocycles. The van der Waals surface area contributed by atoms with Crippen LogP contribution in [0.1, 0.15) is 77.6 Å². The standard InChI is InChI=1S/C28H43N5O5S/c1-2-20(30-27(37)19-11-9-18(10-12-19)16-33-24(35)13-14-25(33)36)6-5-15-29-23(34)8-4-3-7-22-26-21(17-39-22)31-28(38)32-26/h13-14,18-22,26H,2-12,15-17H2,1H3,(H,29,34)(H,30,37)(H2,31,32,38)/t18?,19?,20-,21-,22-,26-/m0/s1. The molecule has 3 fully saturated rings. The summed E-state index contributed by atoms with van der Waals surface area (Å²) in [6.45, 7) is 3.12. The third-order valence-corrected chi connectivity index (χ3v) is 10.0. The number of hydrogen-bond acceptors (Lipinski definition) is 6. The van der Waals surface area contributed by atoms with E-state index in [2.05, 4.69) is 28.2 Å². The molecule has 11 heteroatoms. The summed E-state index contributed by atoms with van der Waals surface area (Å²) in [6.07, 6.45) is 11.7. The smallest absolute Gasteiger partial charge is 0.315 e. The Hall–Kier alpha value is -2.56. The highest BCUT2D eigenvalue weighted by molar-refractivity contribution is 8.00. The largest absolute Gasteiger partial charge is 0.356 e. The first-order chi connectivity index (χ1) is 18.8. The number of fused-ring (bicyclic) bond motifs is 1. The third-order valence-electron chi connectivity index (χ3n) is 8.53.